The maximum absolute atomic E-state index is 12.1. The first-order valence-corrected chi connectivity index (χ1v) is 6.27. The first kappa shape index (κ1) is 14.7. The number of aliphatic hydroxyl groups excluding tert-OH is 1. The van der Waals surface area contributed by atoms with Gasteiger partial charge >= 0.3 is 0 Å². The molecule has 0 radical (unpaired) electrons. The lowest BCUT2D eigenvalue weighted by Gasteiger charge is -2.07. The van der Waals surface area contributed by atoms with Crippen molar-refractivity contribution in [3.63, 3.8) is 0 Å². The van der Waals surface area contributed by atoms with Gasteiger partial charge in [-0.05, 0) is 36.2 Å². The SMILES string of the molecule is Cc1cc(C(=O)Nc2cccc(CO)c2)cc([N+](=O)[O-])c1. The minimum absolute atomic E-state index is 0.121. The first-order chi connectivity index (χ1) is 9.99. The van der Waals surface area contributed by atoms with E-state index in [1.807, 2.05) is 0 Å². The second-order valence-electron chi connectivity index (χ2n) is 4.63. The van der Waals surface area contributed by atoms with Gasteiger partial charge in [0.25, 0.3) is 11.6 Å². The smallest absolute Gasteiger partial charge is 0.270 e. The molecule has 0 bridgehead atoms. The highest BCUT2D eigenvalue weighted by Crippen LogP contribution is 2.18. The van der Waals surface area contributed by atoms with Gasteiger partial charge in [-0.15, -0.1) is 0 Å². The zero-order valence-corrected chi connectivity index (χ0v) is 11.4. The second-order valence-corrected chi connectivity index (χ2v) is 4.63. The van der Waals surface area contributed by atoms with Crippen LogP contribution in [0.15, 0.2) is 42.5 Å². The Hall–Kier alpha value is -2.73. The highest BCUT2D eigenvalue weighted by molar-refractivity contribution is 6.04. The van der Waals surface area contributed by atoms with Gasteiger partial charge in [0.1, 0.15) is 0 Å². The number of aliphatic hydroxyl groups is 1. The van der Waals surface area contributed by atoms with E-state index in [1.165, 1.54) is 12.1 Å². The third kappa shape index (κ3) is 3.64. The molecule has 0 saturated carbocycles. The topological polar surface area (TPSA) is 92.5 Å². The van der Waals surface area contributed by atoms with E-state index in [-0.39, 0.29) is 17.9 Å². The molecule has 0 fully saturated rings. The van der Waals surface area contributed by atoms with Gasteiger partial charge in [-0.2, -0.15) is 0 Å². The van der Waals surface area contributed by atoms with Crippen LogP contribution in [0.5, 0.6) is 0 Å². The third-order valence-electron chi connectivity index (χ3n) is 2.90. The number of benzene rings is 2. The Morgan fingerprint density at radius 2 is 2.05 bits per heavy atom. The highest BCUT2D eigenvalue weighted by atomic mass is 16.6. The Morgan fingerprint density at radius 3 is 2.71 bits per heavy atom. The monoisotopic (exact) mass is 286 g/mol. The summed E-state index contributed by atoms with van der Waals surface area (Å²) in [5.41, 5.74) is 1.93. The number of hydrogen-bond acceptors (Lipinski definition) is 4. The molecule has 0 aliphatic rings. The number of carbonyl (C=O) groups excluding carboxylic acids is 1. The van der Waals surface area contributed by atoms with Gasteiger partial charge in [0.05, 0.1) is 11.5 Å². The number of nitro benzene ring substituents is 1. The molecule has 0 spiro atoms. The van der Waals surface area contributed by atoms with Crippen LogP contribution in [0, 0.1) is 17.0 Å². The lowest BCUT2D eigenvalue weighted by atomic mass is 10.1. The maximum atomic E-state index is 12.1. The predicted octanol–water partition coefficient (Wildman–Crippen LogP) is 2.65. The van der Waals surface area contributed by atoms with Crippen LogP contribution in [0.3, 0.4) is 0 Å². The van der Waals surface area contributed by atoms with Gasteiger partial charge < -0.3 is 10.4 Å². The van der Waals surface area contributed by atoms with Gasteiger partial charge in [-0.25, -0.2) is 0 Å². The fourth-order valence-corrected chi connectivity index (χ4v) is 1.95. The molecule has 0 unspecified atom stereocenters. The molecule has 0 atom stereocenters. The van der Waals surface area contributed by atoms with E-state index in [0.29, 0.717) is 16.8 Å². The van der Waals surface area contributed by atoms with Crippen molar-refractivity contribution in [2.24, 2.45) is 0 Å². The lowest BCUT2D eigenvalue weighted by Crippen LogP contribution is -2.12. The number of nitrogens with one attached hydrogen (secondary N) is 1. The fraction of sp³-hybridized carbons (Fsp3) is 0.133. The van der Waals surface area contributed by atoms with Crippen molar-refractivity contribution in [1.29, 1.82) is 0 Å². The molecule has 108 valence electrons. The molecular weight excluding hydrogens is 272 g/mol. The Morgan fingerprint density at radius 1 is 1.29 bits per heavy atom. The van der Waals surface area contributed by atoms with E-state index < -0.39 is 10.8 Å². The summed E-state index contributed by atoms with van der Waals surface area (Å²) >= 11 is 0. The number of carbonyl (C=O) groups is 1. The molecule has 6 nitrogen and oxygen atoms in total. The summed E-state index contributed by atoms with van der Waals surface area (Å²) in [5, 5.41) is 22.5. The summed E-state index contributed by atoms with van der Waals surface area (Å²) in [5.74, 6) is -0.433. The zero-order valence-electron chi connectivity index (χ0n) is 11.4. The van der Waals surface area contributed by atoms with Crippen LogP contribution >= 0.6 is 0 Å². The summed E-state index contributed by atoms with van der Waals surface area (Å²) in [4.78, 5) is 22.4. The molecule has 21 heavy (non-hydrogen) atoms. The minimum Gasteiger partial charge on any atom is -0.392 e. The standard InChI is InChI=1S/C15H14N2O4/c1-10-5-12(8-14(6-10)17(20)21)15(19)16-13-4-2-3-11(7-13)9-18/h2-8,18H,9H2,1H3,(H,16,19). The van der Waals surface area contributed by atoms with Gasteiger partial charge in [-0.1, -0.05) is 12.1 Å². The van der Waals surface area contributed by atoms with Crippen molar-refractivity contribution in [3.8, 4) is 0 Å². The van der Waals surface area contributed by atoms with Gasteiger partial charge in [0.15, 0.2) is 0 Å². The molecule has 0 heterocycles. The number of non-ortho nitro benzene ring substituents is 1. The predicted molar refractivity (Wildman–Crippen MR) is 78.2 cm³/mol. The zero-order chi connectivity index (χ0) is 15.4. The summed E-state index contributed by atoms with van der Waals surface area (Å²) < 4.78 is 0. The Balaban J connectivity index is 2.25. The molecule has 2 N–H and O–H groups in total. The highest BCUT2D eigenvalue weighted by Gasteiger charge is 2.13. The summed E-state index contributed by atoms with van der Waals surface area (Å²) in [7, 11) is 0. The second kappa shape index (κ2) is 6.15. The summed E-state index contributed by atoms with van der Waals surface area (Å²) in [6.45, 7) is 1.57. The number of hydrogen-bond donors (Lipinski definition) is 2. The molecule has 2 rings (SSSR count). The number of rotatable bonds is 4. The van der Waals surface area contributed by atoms with Gasteiger partial charge in [0, 0.05) is 23.4 Å². The molecule has 0 aliphatic heterocycles. The van der Waals surface area contributed by atoms with Crippen molar-refractivity contribution in [2.75, 3.05) is 5.32 Å². The maximum Gasteiger partial charge on any atom is 0.270 e. The number of anilines is 1. The third-order valence-corrected chi connectivity index (χ3v) is 2.90. The van der Waals surface area contributed by atoms with E-state index in [1.54, 1.807) is 37.3 Å². The average Bonchev–Trinajstić information content (AvgIpc) is 2.46. The van der Waals surface area contributed by atoms with E-state index in [9.17, 15) is 14.9 Å². The van der Waals surface area contributed by atoms with Crippen LogP contribution < -0.4 is 5.32 Å². The number of aryl methyl sites for hydroxylation is 1. The van der Waals surface area contributed by atoms with E-state index in [0.717, 1.165) is 0 Å². The molecule has 2 aromatic carbocycles. The molecule has 0 saturated heterocycles. The quantitative estimate of drug-likeness (QED) is 0.667. The first-order valence-electron chi connectivity index (χ1n) is 6.27. The van der Waals surface area contributed by atoms with E-state index in [2.05, 4.69) is 5.32 Å². The fourth-order valence-electron chi connectivity index (χ4n) is 1.95. The van der Waals surface area contributed by atoms with Crippen LogP contribution in [0.1, 0.15) is 21.5 Å². The van der Waals surface area contributed by atoms with Crippen molar-refractivity contribution < 1.29 is 14.8 Å². The Bertz CT molecular complexity index is 698. The van der Waals surface area contributed by atoms with Crippen molar-refractivity contribution >= 4 is 17.3 Å². The minimum atomic E-state index is -0.532. The number of nitrogens with zero attached hydrogens (tertiary/aromatic N) is 1. The lowest BCUT2D eigenvalue weighted by molar-refractivity contribution is -0.384. The normalized spacial score (nSPS) is 10.2. The van der Waals surface area contributed by atoms with Crippen LogP contribution in [0.4, 0.5) is 11.4 Å². The summed E-state index contributed by atoms with van der Waals surface area (Å²) in [6.07, 6.45) is 0. The van der Waals surface area contributed by atoms with E-state index >= 15 is 0 Å². The van der Waals surface area contributed by atoms with Crippen molar-refractivity contribution in [1.82, 2.24) is 0 Å². The largest absolute Gasteiger partial charge is 0.392 e. The van der Waals surface area contributed by atoms with E-state index in [4.69, 9.17) is 5.11 Å². The molecule has 0 aromatic heterocycles. The van der Waals surface area contributed by atoms with Crippen LogP contribution in [-0.4, -0.2) is 15.9 Å². The molecular formula is C15H14N2O4. The Labute approximate surface area is 121 Å². The van der Waals surface area contributed by atoms with Crippen molar-refractivity contribution in [3.05, 3.63) is 69.3 Å². The van der Waals surface area contributed by atoms with Crippen LogP contribution in [0.2, 0.25) is 0 Å². The van der Waals surface area contributed by atoms with Crippen molar-refractivity contribution in [2.45, 2.75) is 13.5 Å². The number of nitro groups is 1. The summed E-state index contributed by atoms with van der Waals surface area (Å²) in [6, 6.07) is 11.0. The Kier molecular flexibility index (Phi) is 4.30. The van der Waals surface area contributed by atoms with Gasteiger partial charge in [0.2, 0.25) is 0 Å². The molecule has 2 aromatic rings. The van der Waals surface area contributed by atoms with Gasteiger partial charge in [-0.3, -0.25) is 14.9 Å². The average molecular weight is 286 g/mol. The van der Waals surface area contributed by atoms with Crippen LogP contribution in [-0.2, 0) is 6.61 Å². The molecule has 1 amide bonds. The number of amides is 1. The molecule has 0 aliphatic carbocycles. The van der Waals surface area contributed by atoms with Crippen LogP contribution in [0.25, 0.3) is 0 Å². The molecule has 6 heteroatoms.